The van der Waals surface area contributed by atoms with Crippen molar-refractivity contribution in [2.75, 3.05) is 26.2 Å². The van der Waals surface area contributed by atoms with Crippen molar-refractivity contribution in [1.29, 1.82) is 0 Å². The molecule has 1 aliphatic carbocycles. The van der Waals surface area contributed by atoms with E-state index in [2.05, 4.69) is 29.2 Å². The Hall–Kier alpha value is -3.42. The van der Waals surface area contributed by atoms with Crippen LogP contribution in [0.15, 0.2) is 89.8 Å². The highest BCUT2D eigenvalue weighted by molar-refractivity contribution is 8.04. The fourth-order valence-electron chi connectivity index (χ4n) is 6.31. The Bertz CT molecular complexity index is 1370. The molecule has 3 aromatic carbocycles. The molecular formula is C34H36FN3O2S. The zero-order valence-electron chi connectivity index (χ0n) is 23.2. The molecule has 3 aliphatic rings. The van der Waals surface area contributed by atoms with Gasteiger partial charge in [0.15, 0.2) is 0 Å². The van der Waals surface area contributed by atoms with Crippen LogP contribution in [-0.2, 0) is 22.7 Å². The molecular weight excluding hydrogens is 533 g/mol. The van der Waals surface area contributed by atoms with Gasteiger partial charge in [0.25, 0.3) is 5.91 Å². The second kappa shape index (κ2) is 12.6. The molecule has 0 N–H and O–H groups in total. The quantitative estimate of drug-likeness (QED) is 0.351. The third kappa shape index (κ3) is 6.57. The van der Waals surface area contributed by atoms with E-state index >= 15 is 0 Å². The number of hydrogen-bond acceptors (Lipinski definition) is 4. The predicted molar refractivity (Wildman–Crippen MR) is 162 cm³/mol. The standard InChI is InChI=1S/C34H36FN3O2S/c35-29-14-11-27(12-15-29)24-38-30-22-28(13-16-31(30)41-32(34(38)40)21-25-7-3-1-4-8-25)33(39)37-19-17-36(18-20-37)23-26-9-5-2-6-10-26/h1-12,14-15,21,28,30-31H,13,16-20,22-24H2/b32-21-. The van der Waals surface area contributed by atoms with Crippen molar-refractivity contribution >= 4 is 29.7 Å². The van der Waals surface area contributed by atoms with Gasteiger partial charge in [-0.1, -0.05) is 72.8 Å². The molecule has 3 aromatic rings. The molecule has 212 valence electrons. The van der Waals surface area contributed by atoms with Crippen LogP contribution in [0.1, 0.15) is 36.0 Å². The molecule has 0 radical (unpaired) electrons. The van der Waals surface area contributed by atoms with Crippen molar-refractivity contribution in [2.24, 2.45) is 5.92 Å². The minimum Gasteiger partial charge on any atom is -0.340 e. The van der Waals surface area contributed by atoms with Crippen LogP contribution < -0.4 is 0 Å². The lowest BCUT2D eigenvalue weighted by atomic mass is 9.83. The number of carbonyl (C=O) groups is 2. The van der Waals surface area contributed by atoms with Gasteiger partial charge in [0.1, 0.15) is 5.82 Å². The van der Waals surface area contributed by atoms with Crippen molar-refractivity contribution in [3.63, 3.8) is 0 Å². The SMILES string of the molecule is O=C(C1CCC2S/C(=C\c3ccccc3)C(=O)N(Cc3ccc(F)cc3)C2C1)N1CCN(Cc2ccccc2)CC1. The van der Waals surface area contributed by atoms with Crippen LogP contribution in [0.4, 0.5) is 4.39 Å². The van der Waals surface area contributed by atoms with Crippen molar-refractivity contribution in [3.8, 4) is 0 Å². The number of thioether (sulfide) groups is 1. The molecule has 3 unspecified atom stereocenters. The third-order valence-electron chi connectivity index (χ3n) is 8.55. The molecule has 2 saturated heterocycles. The van der Waals surface area contributed by atoms with Crippen LogP contribution in [0, 0.1) is 11.7 Å². The monoisotopic (exact) mass is 569 g/mol. The van der Waals surface area contributed by atoms with Gasteiger partial charge in [-0.15, -0.1) is 11.8 Å². The van der Waals surface area contributed by atoms with Gasteiger partial charge in [-0.3, -0.25) is 14.5 Å². The number of piperazine rings is 1. The highest BCUT2D eigenvalue weighted by Crippen LogP contribution is 2.44. The summed E-state index contributed by atoms with van der Waals surface area (Å²) in [6.07, 6.45) is 4.38. The van der Waals surface area contributed by atoms with E-state index in [0.29, 0.717) is 13.0 Å². The summed E-state index contributed by atoms with van der Waals surface area (Å²) in [5.41, 5.74) is 3.19. The molecule has 2 heterocycles. The highest BCUT2D eigenvalue weighted by Gasteiger charge is 2.45. The fourth-order valence-corrected chi connectivity index (χ4v) is 7.73. The summed E-state index contributed by atoms with van der Waals surface area (Å²) in [7, 11) is 0. The van der Waals surface area contributed by atoms with Crippen molar-refractivity contribution < 1.29 is 14.0 Å². The van der Waals surface area contributed by atoms with Crippen LogP contribution in [-0.4, -0.2) is 64.0 Å². The van der Waals surface area contributed by atoms with Gasteiger partial charge >= 0.3 is 0 Å². The van der Waals surface area contributed by atoms with Crippen LogP contribution in [0.3, 0.4) is 0 Å². The lowest BCUT2D eigenvalue weighted by Crippen LogP contribution is -2.55. The number of nitrogens with zero attached hydrogens (tertiary/aromatic N) is 3. The first-order valence-corrected chi connectivity index (χ1v) is 15.5. The average Bonchev–Trinajstić information content (AvgIpc) is 3.01. The summed E-state index contributed by atoms with van der Waals surface area (Å²) in [6, 6.07) is 26.8. The summed E-state index contributed by atoms with van der Waals surface area (Å²) in [5.74, 6) is -0.149. The van der Waals surface area contributed by atoms with Crippen molar-refractivity contribution in [3.05, 3.63) is 112 Å². The molecule has 0 bridgehead atoms. The molecule has 3 fully saturated rings. The maximum absolute atomic E-state index is 13.9. The van der Waals surface area contributed by atoms with Gasteiger partial charge in [-0.25, -0.2) is 4.39 Å². The Balaban J connectivity index is 1.15. The Morgan fingerprint density at radius 3 is 2.20 bits per heavy atom. The second-order valence-electron chi connectivity index (χ2n) is 11.3. The van der Waals surface area contributed by atoms with Gasteiger partial charge in [-0.05, 0) is 54.2 Å². The van der Waals surface area contributed by atoms with Gasteiger partial charge in [0, 0.05) is 56.5 Å². The maximum Gasteiger partial charge on any atom is 0.260 e. The molecule has 41 heavy (non-hydrogen) atoms. The van der Waals surface area contributed by atoms with E-state index in [0.717, 1.165) is 61.6 Å². The predicted octanol–water partition coefficient (Wildman–Crippen LogP) is 5.82. The highest BCUT2D eigenvalue weighted by atomic mass is 32.2. The van der Waals surface area contributed by atoms with E-state index < -0.39 is 0 Å². The van der Waals surface area contributed by atoms with E-state index in [1.807, 2.05) is 52.3 Å². The first kappa shape index (κ1) is 27.7. The van der Waals surface area contributed by atoms with E-state index in [1.165, 1.54) is 17.7 Å². The van der Waals surface area contributed by atoms with E-state index in [4.69, 9.17) is 0 Å². The second-order valence-corrected chi connectivity index (χ2v) is 12.6. The lowest BCUT2D eigenvalue weighted by molar-refractivity contribution is -0.141. The number of rotatable bonds is 6. The lowest BCUT2D eigenvalue weighted by Gasteiger charge is -2.47. The van der Waals surface area contributed by atoms with Crippen molar-refractivity contribution in [2.45, 2.75) is 43.6 Å². The average molecular weight is 570 g/mol. The molecule has 2 amide bonds. The van der Waals surface area contributed by atoms with Gasteiger partial charge in [0.2, 0.25) is 5.91 Å². The van der Waals surface area contributed by atoms with E-state index in [1.54, 1.807) is 23.9 Å². The molecule has 3 atom stereocenters. The number of halogens is 1. The zero-order valence-corrected chi connectivity index (χ0v) is 24.0. The fraction of sp³-hybridized carbons (Fsp3) is 0.353. The van der Waals surface area contributed by atoms with Crippen LogP contribution in [0.25, 0.3) is 6.08 Å². The summed E-state index contributed by atoms with van der Waals surface area (Å²) >= 11 is 1.66. The Morgan fingerprint density at radius 1 is 0.829 bits per heavy atom. The van der Waals surface area contributed by atoms with E-state index in [-0.39, 0.29) is 34.8 Å². The summed E-state index contributed by atoms with van der Waals surface area (Å²) in [6.45, 7) is 4.55. The topological polar surface area (TPSA) is 43.9 Å². The third-order valence-corrected chi connectivity index (χ3v) is 9.95. The first-order valence-electron chi connectivity index (χ1n) is 14.6. The molecule has 0 spiro atoms. The van der Waals surface area contributed by atoms with E-state index in [9.17, 15) is 14.0 Å². The number of carbonyl (C=O) groups excluding carboxylic acids is 2. The molecule has 0 aromatic heterocycles. The molecule has 5 nitrogen and oxygen atoms in total. The molecule has 1 saturated carbocycles. The van der Waals surface area contributed by atoms with Gasteiger partial charge < -0.3 is 9.80 Å². The van der Waals surface area contributed by atoms with Crippen LogP contribution in [0.5, 0.6) is 0 Å². The normalized spacial score (nSPS) is 24.4. The summed E-state index contributed by atoms with van der Waals surface area (Å²) < 4.78 is 13.6. The number of benzene rings is 3. The molecule has 2 aliphatic heterocycles. The van der Waals surface area contributed by atoms with Crippen LogP contribution >= 0.6 is 11.8 Å². The van der Waals surface area contributed by atoms with Crippen molar-refractivity contribution in [1.82, 2.24) is 14.7 Å². The Kier molecular flexibility index (Phi) is 8.54. The van der Waals surface area contributed by atoms with Crippen LogP contribution in [0.2, 0.25) is 0 Å². The maximum atomic E-state index is 13.9. The smallest absolute Gasteiger partial charge is 0.260 e. The zero-order chi connectivity index (χ0) is 28.2. The summed E-state index contributed by atoms with van der Waals surface area (Å²) in [4.78, 5) is 34.7. The first-order chi connectivity index (χ1) is 20.0. The number of fused-ring (bicyclic) bond motifs is 1. The molecule has 6 rings (SSSR count). The minimum absolute atomic E-state index is 0.00736. The Labute approximate surface area is 246 Å². The minimum atomic E-state index is -0.288. The molecule has 7 heteroatoms. The largest absolute Gasteiger partial charge is 0.340 e. The summed E-state index contributed by atoms with van der Waals surface area (Å²) in [5, 5.41) is 0.231. The van der Waals surface area contributed by atoms with Gasteiger partial charge in [0.05, 0.1) is 4.91 Å². The number of hydrogen-bond donors (Lipinski definition) is 0. The van der Waals surface area contributed by atoms with Gasteiger partial charge in [-0.2, -0.15) is 0 Å². The Morgan fingerprint density at radius 2 is 1.49 bits per heavy atom. The number of amides is 2.